The third-order valence-corrected chi connectivity index (χ3v) is 3.36. The topological polar surface area (TPSA) is 52.6 Å². The van der Waals surface area contributed by atoms with Gasteiger partial charge in [-0.05, 0) is 6.92 Å². The molecule has 0 bridgehead atoms. The van der Waals surface area contributed by atoms with E-state index in [-0.39, 0.29) is 18.4 Å². The number of carbonyl (C=O) groups is 1. The third kappa shape index (κ3) is 4.98. The van der Waals surface area contributed by atoms with E-state index in [4.69, 9.17) is 0 Å². The van der Waals surface area contributed by atoms with Crippen LogP contribution in [0.4, 0.5) is 0 Å². The Hall–Kier alpha value is -0.440. The van der Waals surface area contributed by atoms with Crippen LogP contribution in [-0.2, 0) is 18.4 Å². The zero-order valence-corrected chi connectivity index (χ0v) is 9.04. The zero-order valence-electron chi connectivity index (χ0n) is 8.15. The predicted octanol–water partition coefficient (Wildman–Crippen LogP) is 2.01. The van der Waals surface area contributed by atoms with Crippen molar-refractivity contribution in [2.24, 2.45) is 0 Å². The molecule has 0 N–H and O–H groups in total. The van der Waals surface area contributed by atoms with Crippen molar-refractivity contribution < 1.29 is 18.4 Å². The highest BCUT2D eigenvalue weighted by Crippen LogP contribution is 2.46. The number of hydrogen-bond donors (Lipinski definition) is 0. The van der Waals surface area contributed by atoms with E-state index in [0.717, 1.165) is 0 Å². The molecule has 0 rings (SSSR count). The average Bonchev–Trinajstić information content (AvgIpc) is 2.14. The Bertz CT molecular complexity index is 226. The summed E-state index contributed by atoms with van der Waals surface area (Å²) in [6.07, 6.45) is 3.58. The van der Waals surface area contributed by atoms with Crippen LogP contribution in [0.25, 0.3) is 0 Å². The second kappa shape index (κ2) is 6.08. The monoisotopic (exact) mass is 206 g/mol. The van der Waals surface area contributed by atoms with Gasteiger partial charge in [-0.3, -0.25) is 9.36 Å². The van der Waals surface area contributed by atoms with Crippen molar-refractivity contribution in [3.05, 3.63) is 12.2 Å². The molecule has 13 heavy (non-hydrogen) atoms. The van der Waals surface area contributed by atoms with E-state index in [1.54, 1.807) is 12.2 Å². The lowest BCUT2D eigenvalue weighted by Crippen LogP contribution is -2.06. The van der Waals surface area contributed by atoms with Crippen LogP contribution in [0.1, 0.15) is 13.3 Å². The summed E-state index contributed by atoms with van der Waals surface area (Å²) in [5.41, 5.74) is 0. The summed E-state index contributed by atoms with van der Waals surface area (Å²) in [4.78, 5) is 11.2. The number of Topliss-reactive ketones (excluding diaryl/α,β-unsaturated/α-hetero) is 1. The lowest BCUT2D eigenvalue weighted by molar-refractivity contribution is -0.116. The van der Waals surface area contributed by atoms with Crippen LogP contribution in [0.5, 0.6) is 0 Å². The van der Waals surface area contributed by atoms with E-state index < -0.39 is 7.60 Å². The van der Waals surface area contributed by atoms with Gasteiger partial charge in [-0.2, -0.15) is 0 Å². The summed E-state index contributed by atoms with van der Waals surface area (Å²) in [5.74, 6) is -0.148. The van der Waals surface area contributed by atoms with Crippen molar-refractivity contribution in [3.8, 4) is 0 Å². The summed E-state index contributed by atoms with van der Waals surface area (Å²) >= 11 is 0. The lowest BCUT2D eigenvalue weighted by atomic mass is 10.3. The average molecular weight is 206 g/mol. The maximum absolute atomic E-state index is 11.4. The van der Waals surface area contributed by atoms with Crippen LogP contribution in [-0.4, -0.2) is 26.2 Å². The third-order valence-electron chi connectivity index (χ3n) is 1.51. The molecule has 0 aliphatic rings. The van der Waals surface area contributed by atoms with Crippen LogP contribution < -0.4 is 0 Å². The molecule has 4 nitrogen and oxygen atoms in total. The Morgan fingerprint density at radius 2 is 1.92 bits per heavy atom. The summed E-state index contributed by atoms with van der Waals surface area (Å²) in [6.45, 7) is 1.82. The fourth-order valence-electron chi connectivity index (χ4n) is 0.733. The van der Waals surface area contributed by atoms with E-state index in [2.05, 4.69) is 9.05 Å². The predicted molar refractivity (Wildman–Crippen MR) is 50.9 cm³/mol. The second-order valence-corrected chi connectivity index (χ2v) is 4.71. The first kappa shape index (κ1) is 12.6. The molecular weight excluding hydrogens is 191 g/mol. The molecule has 0 saturated carbocycles. The van der Waals surface area contributed by atoms with Gasteiger partial charge in [0.15, 0.2) is 0 Å². The normalized spacial score (nSPS) is 12.2. The van der Waals surface area contributed by atoms with Crippen molar-refractivity contribution in [3.63, 3.8) is 0 Å². The van der Waals surface area contributed by atoms with Crippen LogP contribution in [0.3, 0.4) is 0 Å². The smallest absolute Gasteiger partial charge is 0.312 e. The number of allylic oxidation sites excluding steroid dienone is 2. The molecular formula is C8H15O4P. The minimum Gasteiger partial charge on any atom is -0.312 e. The fraction of sp³-hybridized carbons (Fsp3) is 0.625. The summed E-state index contributed by atoms with van der Waals surface area (Å²) in [5, 5.41) is 0. The number of carbonyl (C=O) groups excluding carboxylic acids is 1. The van der Waals surface area contributed by atoms with E-state index in [1.165, 1.54) is 14.2 Å². The Kier molecular flexibility index (Phi) is 5.88. The van der Waals surface area contributed by atoms with E-state index >= 15 is 0 Å². The molecule has 0 aromatic carbocycles. The lowest BCUT2D eigenvalue weighted by Gasteiger charge is -2.11. The van der Waals surface area contributed by atoms with Gasteiger partial charge >= 0.3 is 7.60 Å². The molecule has 0 radical (unpaired) electrons. The molecule has 76 valence electrons. The zero-order chi connectivity index (χ0) is 10.3. The van der Waals surface area contributed by atoms with Gasteiger partial charge < -0.3 is 9.05 Å². The summed E-state index contributed by atoms with van der Waals surface area (Å²) in [6, 6.07) is 0. The number of hydrogen-bond acceptors (Lipinski definition) is 4. The van der Waals surface area contributed by atoms with Gasteiger partial charge in [0.1, 0.15) is 11.9 Å². The minimum atomic E-state index is -3.16. The molecule has 0 saturated heterocycles. The first-order valence-electron chi connectivity index (χ1n) is 3.91. The van der Waals surface area contributed by atoms with Crippen molar-refractivity contribution in [1.29, 1.82) is 0 Å². The van der Waals surface area contributed by atoms with Gasteiger partial charge in [-0.15, -0.1) is 0 Å². The molecule has 0 aromatic heterocycles. The largest absolute Gasteiger partial charge is 0.337 e. The number of ketones is 1. The van der Waals surface area contributed by atoms with E-state index in [9.17, 15) is 9.36 Å². The van der Waals surface area contributed by atoms with Crippen LogP contribution in [0.15, 0.2) is 12.2 Å². The van der Waals surface area contributed by atoms with Crippen molar-refractivity contribution >= 4 is 13.4 Å². The quantitative estimate of drug-likeness (QED) is 0.492. The molecule has 5 heteroatoms. The van der Waals surface area contributed by atoms with Gasteiger partial charge in [0, 0.05) is 20.6 Å². The Morgan fingerprint density at radius 1 is 1.38 bits per heavy atom. The van der Waals surface area contributed by atoms with Crippen LogP contribution in [0.2, 0.25) is 0 Å². The number of rotatable bonds is 6. The highest BCUT2D eigenvalue weighted by atomic mass is 31.2. The SMILES string of the molecule is C/C=C\CC(=O)CP(=O)(OC)OC. The molecule has 0 aliphatic carbocycles. The fourth-order valence-corrected chi connectivity index (χ4v) is 1.70. The standard InChI is InChI=1S/C8H15O4P/c1-4-5-6-8(9)7-13(10,11-2)12-3/h4-5H,6-7H2,1-3H3/b5-4-. The van der Waals surface area contributed by atoms with Gasteiger partial charge in [0.05, 0.1) is 0 Å². The Balaban J connectivity index is 4.10. The highest BCUT2D eigenvalue weighted by Gasteiger charge is 2.24. The second-order valence-electron chi connectivity index (χ2n) is 2.45. The van der Waals surface area contributed by atoms with Crippen molar-refractivity contribution in [1.82, 2.24) is 0 Å². The highest BCUT2D eigenvalue weighted by molar-refractivity contribution is 7.54. The van der Waals surface area contributed by atoms with Gasteiger partial charge in [-0.25, -0.2) is 0 Å². The Labute approximate surface area is 78.5 Å². The van der Waals surface area contributed by atoms with Crippen LogP contribution >= 0.6 is 7.60 Å². The molecule has 0 fully saturated rings. The van der Waals surface area contributed by atoms with Gasteiger partial charge in [0.25, 0.3) is 0 Å². The molecule has 0 atom stereocenters. The van der Waals surface area contributed by atoms with Gasteiger partial charge in [-0.1, -0.05) is 12.2 Å². The Morgan fingerprint density at radius 3 is 2.31 bits per heavy atom. The summed E-state index contributed by atoms with van der Waals surface area (Å²) in [7, 11) is -0.619. The minimum absolute atomic E-state index is 0.148. The molecule has 0 amide bonds. The molecule has 0 aromatic rings. The molecule has 0 aliphatic heterocycles. The van der Waals surface area contributed by atoms with E-state index in [1.807, 2.05) is 6.92 Å². The van der Waals surface area contributed by atoms with Crippen molar-refractivity contribution in [2.75, 3.05) is 20.4 Å². The molecule has 0 spiro atoms. The molecule has 0 unspecified atom stereocenters. The maximum atomic E-state index is 11.4. The first-order chi connectivity index (χ1) is 6.08. The van der Waals surface area contributed by atoms with Gasteiger partial charge in [0.2, 0.25) is 0 Å². The first-order valence-corrected chi connectivity index (χ1v) is 5.64. The van der Waals surface area contributed by atoms with E-state index in [0.29, 0.717) is 0 Å². The van der Waals surface area contributed by atoms with Crippen molar-refractivity contribution in [2.45, 2.75) is 13.3 Å². The van der Waals surface area contributed by atoms with Crippen LogP contribution in [0, 0.1) is 0 Å². The summed E-state index contributed by atoms with van der Waals surface area (Å²) < 4.78 is 20.7. The molecule has 0 heterocycles. The maximum Gasteiger partial charge on any atom is 0.337 e.